The van der Waals surface area contributed by atoms with Gasteiger partial charge in [0.05, 0.1) is 4.92 Å². The van der Waals surface area contributed by atoms with Crippen molar-refractivity contribution in [2.45, 2.75) is 38.8 Å². The summed E-state index contributed by atoms with van der Waals surface area (Å²) in [6.45, 7) is 6.11. The Hall–Kier alpha value is -1.62. The topological polar surface area (TPSA) is 72.4 Å². The summed E-state index contributed by atoms with van der Waals surface area (Å²) < 4.78 is 0. The van der Waals surface area contributed by atoms with Gasteiger partial charge in [0.15, 0.2) is 0 Å². The van der Waals surface area contributed by atoms with Gasteiger partial charge < -0.3 is 5.73 Å². The molecule has 1 aliphatic heterocycles. The van der Waals surface area contributed by atoms with Crippen molar-refractivity contribution >= 4 is 11.4 Å². The van der Waals surface area contributed by atoms with Gasteiger partial charge >= 0.3 is 0 Å². The number of nitrogens with two attached hydrogens (primary N) is 1. The van der Waals surface area contributed by atoms with Crippen molar-refractivity contribution in [3.8, 4) is 0 Å². The highest BCUT2D eigenvalue weighted by Crippen LogP contribution is 2.31. The van der Waals surface area contributed by atoms with Gasteiger partial charge in [0.1, 0.15) is 0 Å². The van der Waals surface area contributed by atoms with Gasteiger partial charge in [-0.3, -0.25) is 15.0 Å². The first kappa shape index (κ1) is 12.8. The predicted molar refractivity (Wildman–Crippen MR) is 71.2 cm³/mol. The van der Waals surface area contributed by atoms with Crippen LogP contribution in [0.25, 0.3) is 0 Å². The number of nitrogens with zero attached hydrogens (tertiary/aromatic N) is 2. The van der Waals surface area contributed by atoms with Crippen LogP contribution in [-0.2, 0) is 6.54 Å². The zero-order valence-electron chi connectivity index (χ0n) is 10.8. The molecule has 0 atom stereocenters. The van der Waals surface area contributed by atoms with E-state index in [0.717, 1.165) is 18.5 Å². The fourth-order valence-corrected chi connectivity index (χ4v) is 2.50. The lowest BCUT2D eigenvalue weighted by atomic mass is 10.0. The van der Waals surface area contributed by atoms with Gasteiger partial charge in [-0.1, -0.05) is 0 Å². The summed E-state index contributed by atoms with van der Waals surface area (Å²) in [4.78, 5) is 12.7. The number of nitro groups is 1. The number of non-ortho nitro benzene ring substituents is 1. The molecule has 0 aromatic heterocycles. The van der Waals surface area contributed by atoms with Crippen LogP contribution < -0.4 is 5.73 Å². The minimum absolute atomic E-state index is 0.108. The quantitative estimate of drug-likeness (QED) is 0.507. The standard InChI is InChI=1S/C13H19N3O2/c1-13(2)6-3-7-15(13)9-10-8-11(16(17)18)4-5-12(10)14/h4-5,8H,3,6-7,9,14H2,1-2H3. The van der Waals surface area contributed by atoms with Crippen LogP contribution in [0.5, 0.6) is 0 Å². The summed E-state index contributed by atoms with van der Waals surface area (Å²) in [5, 5.41) is 10.8. The van der Waals surface area contributed by atoms with Crippen LogP contribution in [0, 0.1) is 10.1 Å². The molecule has 1 fully saturated rings. The molecule has 1 saturated heterocycles. The van der Waals surface area contributed by atoms with Crippen molar-refractivity contribution in [3.05, 3.63) is 33.9 Å². The molecule has 98 valence electrons. The van der Waals surface area contributed by atoms with E-state index in [1.54, 1.807) is 12.1 Å². The second kappa shape index (κ2) is 4.57. The molecular formula is C13H19N3O2. The van der Waals surface area contributed by atoms with E-state index in [1.807, 2.05) is 0 Å². The number of nitrogen functional groups attached to an aromatic ring is 1. The lowest BCUT2D eigenvalue weighted by Crippen LogP contribution is -2.37. The van der Waals surface area contributed by atoms with Crippen LogP contribution in [0.3, 0.4) is 0 Å². The van der Waals surface area contributed by atoms with E-state index in [1.165, 1.54) is 12.5 Å². The number of rotatable bonds is 3. The molecule has 1 aromatic carbocycles. The van der Waals surface area contributed by atoms with Crippen molar-refractivity contribution in [2.75, 3.05) is 12.3 Å². The fourth-order valence-electron chi connectivity index (χ4n) is 2.50. The van der Waals surface area contributed by atoms with Gasteiger partial charge in [0.2, 0.25) is 0 Å². The second-order valence-corrected chi connectivity index (χ2v) is 5.48. The Morgan fingerprint density at radius 2 is 2.22 bits per heavy atom. The molecule has 0 amide bonds. The zero-order chi connectivity index (χ0) is 13.3. The van der Waals surface area contributed by atoms with Gasteiger partial charge in [0.25, 0.3) is 5.69 Å². The first-order chi connectivity index (χ1) is 8.40. The molecular weight excluding hydrogens is 230 g/mol. The van der Waals surface area contributed by atoms with E-state index >= 15 is 0 Å². The van der Waals surface area contributed by atoms with Gasteiger partial charge in [-0.2, -0.15) is 0 Å². The van der Waals surface area contributed by atoms with Crippen LogP contribution in [0.2, 0.25) is 0 Å². The molecule has 0 spiro atoms. The molecule has 2 rings (SSSR count). The lowest BCUT2D eigenvalue weighted by Gasteiger charge is -2.31. The Labute approximate surface area is 107 Å². The minimum Gasteiger partial charge on any atom is -0.398 e. The summed E-state index contributed by atoms with van der Waals surface area (Å²) in [5.74, 6) is 0. The Balaban J connectivity index is 2.23. The molecule has 0 aliphatic carbocycles. The molecule has 0 saturated carbocycles. The van der Waals surface area contributed by atoms with Gasteiger partial charge in [-0.15, -0.1) is 0 Å². The molecule has 2 N–H and O–H groups in total. The largest absolute Gasteiger partial charge is 0.398 e. The van der Waals surface area contributed by atoms with Crippen molar-refractivity contribution in [1.29, 1.82) is 0 Å². The Kier molecular flexibility index (Phi) is 3.26. The summed E-state index contributed by atoms with van der Waals surface area (Å²) in [5.41, 5.74) is 7.64. The highest BCUT2D eigenvalue weighted by atomic mass is 16.6. The van der Waals surface area contributed by atoms with Crippen LogP contribution in [0.1, 0.15) is 32.3 Å². The first-order valence-corrected chi connectivity index (χ1v) is 6.18. The average molecular weight is 249 g/mol. The number of benzene rings is 1. The highest BCUT2D eigenvalue weighted by molar-refractivity contribution is 5.52. The number of likely N-dealkylation sites (tertiary alicyclic amines) is 1. The van der Waals surface area contributed by atoms with E-state index in [4.69, 9.17) is 5.73 Å². The maximum Gasteiger partial charge on any atom is 0.269 e. The van der Waals surface area contributed by atoms with E-state index in [-0.39, 0.29) is 16.1 Å². The van der Waals surface area contributed by atoms with Crippen LogP contribution in [-0.4, -0.2) is 21.9 Å². The normalized spacial score (nSPS) is 19.0. The third kappa shape index (κ3) is 2.46. The molecule has 1 aromatic rings. The Morgan fingerprint density at radius 1 is 1.50 bits per heavy atom. The van der Waals surface area contributed by atoms with Crippen molar-refractivity contribution in [1.82, 2.24) is 4.90 Å². The fraction of sp³-hybridized carbons (Fsp3) is 0.538. The van der Waals surface area contributed by atoms with Crippen molar-refractivity contribution in [3.63, 3.8) is 0 Å². The molecule has 5 heteroatoms. The van der Waals surface area contributed by atoms with Crippen LogP contribution in [0.4, 0.5) is 11.4 Å². The van der Waals surface area contributed by atoms with Crippen LogP contribution in [0.15, 0.2) is 18.2 Å². The Morgan fingerprint density at radius 3 is 2.78 bits per heavy atom. The van der Waals surface area contributed by atoms with E-state index in [2.05, 4.69) is 18.7 Å². The molecule has 18 heavy (non-hydrogen) atoms. The van der Waals surface area contributed by atoms with Crippen molar-refractivity contribution < 1.29 is 4.92 Å². The smallest absolute Gasteiger partial charge is 0.269 e. The third-order valence-corrected chi connectivity index (χ3v) is 3.77. The maximum absolute atomic E-state index is 10.8. The first-order valence-electron chi connectivity index (χ1n) is 6.18. The molecule has 0 bridgehead atoms. The zero-order valence-corrected chi connectivity index (χ0v) is 10.8. The second-order valence-electron chi connectivity index (χ2n) is 5.48. The Bertz CT molecular complexity index is 471. The van der Waals surface area contributed by atoms with E-state index < -0.39 is 0 Å². The predicted octanol–water partition coefficient (Wildman–Crippen LogP) is 2.55. The summed E-state index contributed by atoms with van der Waals surface area (Å²) in [7, 11) is 0. The SMILES string of the molecule is CC1(C)CCCN1Cc1cc([N+](=O)[O-])ccc1N. The molecule has 1 heterocycles. The maximum atomic E-state index is 10.8. The monoisotopic (exact) mass is 249 g/mol. The molecule has 0 radical (unpaired) electrons. The number of hydrogen-bond acceptors (Lipinski definition) is 4. The van der Waals surface area contributed by atoms with Crippen molar-refractivity contribution in [2.24, 2.45) is 0 Å². The average Bonchev–Trinajstić information content (AvgIpc) is 2.61. The summed E-state index contributed by atoms with van der Waals surface area (Å²) in [6, 6.07) is 4.66. The molecule has 5 nitrogen and oxygen atoms in total. The summed E-state index contributed by atoms with van der Waals surface area (Å²) >= 11 is 0. The number of hydrogen-bond donors (Lipinski definition) is 1. The van der Waals surface area contributed by atoms with Gasteiger partial charge in [0, 0.05) is 29.9 Å². The molecule has 0 unspecified atom stereocenters. The lowest BCUT2D eigenvalue weighted by molar-refractivity contribution is -0.384. The highest BCUT2D eigenvalue weighted by Gasteiger charge is 2.32. The number of anilines is 1. The van der Waals surface area contributed by atoms with E-state index in [9.17, 15) is 10.1 Å². The van der Waals surface area contributed by atoms with Gasteiger partial charge in [-0.05, 0) is 44.9 Å². The number of nitro benzene ring substituents is 1. The van der Waals surface area contributed by atoms with Gasteiger partial charge in [-0.25, -0.2) is 0 Å². The van der Waals surface area contributed by atoms with E-state index in [0.29, 0.717) is 12.2 Å². The van der Waals surface area contributed by atoms with Crippen LogP contribution >= 0.6 is 0 Å². The third-order valence-electron chi connectivity index (χ3n) is 3.77. The summed E-state index contributed by atoms with van der Waals surface area (Å²) in [6.07, 6.45) is 2.32. The molecule has 1 aliphatic rings. The minimum atomic E-state index is -0.377.